The third-order valence-electron chi connectivity index (χ3n) is 4.45. The van der Waals surface area contributed by atoms with Crippen molar-refractivity contribution in [2.75, 3.05) is 13.7 Å². The number of benzene rings is 2. The van der Waals surface area contributed by atoms with Crippen LogP contribution >= 0.6 is 0 Å². The van der Waals surface area contributed by atoms with Crippen molar-refractivity contribution in [1.29, 1.82) is 0 Å². The van der Waals surface area contributed by atoms with Gasteiger partial charge in [-0.05, 0) is 36.1 Å². The number of hydrogen-bond donors (Lipinski definition) is 2. The van der Waals surface area contributed by atoms with Gasteiger partial charge < -0.3 is 9.84 Å². The van der Waals surface area contributed by atoms with Gasteiger partial charge in [-0.15, -0.1) is 0 Å². The average molecular weight is 347 g/mol. The number of sulfonamides is 1. The Labute approximate surface area is 142 Å². The molecule has 3 rings (SSSR count). The third-order valence-corrected chi connectivity index (χ3v) is 5.89. The van der Waals surface area contributed by atoms with Gasteiger partial charge in [-0.1, -0.05) is 36.4 Å². The predicted molar refractivity (Wildman–Crippen MR) is 91.6 cm³/mol. The van der Waals surface area contributed by atoms with E-state index in [2.05, 4.69) is 4.72 Å². The minimum Gasteiger partial charge on any atom is -0.495 e. The fourth-order valence-electron chi connectivity index (χ4n) is 3.08. The maximum atomic E-state index is 12.5. The normalized spacial score (nSPS) is 20.4. The molecule has 128 valence electrons. The van der Waals surface area contributed by atoms with Crippen molar-refractivity contribution < 1.29 is 18.3 Å². The van der Waals surface area contributed by atoms with Crippen molar-refractivity contribution >= 4 is 10.0 Å². The molecule has 1 aliphatic rings. The van der Waals surface area contributed by atoms with Crippen LogP contribution < -0.4 is 9.46 Å². The van der Waals surface area contributed by atoms with E-state index in [1.54, 1.807) is 18.2 Å². The molecule has 0 aromatic heterocycles. The van der Waals surface area contributed by atoms with Gasteiger partial charge in [-0.25, -0.2) is 13.1 Å². The maximum Gasteiger partial charge on any atom is 0.244 e. The lowest BCUT2D eigenvalue weighted by molar-refractivity contribution is 0.0317. The summed E-state index contributed by atoms with van der Waals surface area (Å²) >= 11 is 0. The van der Waals surface area contributed by atoms with Gasteiger partial charge in [0.2, 0.25) is 10.0 Å². The van der Waals surface area contributed by atoms with Crippen LogP contribution in [0.1, 0.15) is 17.5 Å². The quantitative estimate of drug-likeness (QED) is 0.866. The minimum absolute atomic E-state index is 0.0261. The van der Waals surface area contributed by atoms with Crippen molar-refractivity contribution in [2.24, 2.45) is 0 Å². The summed E-state index contributed by atoms with van der Waals surface area (Å²) in [5.74, 6) is 0.283. The fourth-order valence-corrected chi connectivity index (χ4v) is 4.37. The van der Waals surface area contributed by atoms with Crippen molar-refractivity contribution in [2.45, 2.75) is 29.8 Å². The molecule has 0 radical (unpaired) electrons. The molecule has 0 fully saturated rings. The first-order chi connectivity index (χ1) is 11.4. The molecule has 0 heterocycles. The highest BCUT2D eigenvalue weighted by Crippen LogP contribution is 2.29. The minimum atomic E-state index is -3.75. The molecule has 1 atom stereocenters. The van der Waals surface area contributed by atoms with E-state index >= 15 is 0 Å². The molecule has 0 aliphatic heterocycles. The van der Waals surface area contributed by atoms with Crippen LogP contribution in [0.4, 0.5) is 0 Å². The lowest BCUT2D eigenvalue weighted by atomic mass is 9.80. The molecular formula is C18H21NO4S. The number of rotatable bonds is 5. The monoisotopic (exact) mass is 347 g/mol. The number of ether oxygens (including phenoxy) is 1. The highest BCUT2D eigenvalue weighted by Gasteiger charge is 2.33. The molecule has 24 heavy (non-hydrogen) atoms. The molecule has 0 bridgehead atoms. The Morgan fingerprint density at radius 3 is 2.54 bits per heavy atom. The lowest BCUT2D eigenvalue weighted by Crippen LogP contribution is -2.46. The first-order valence-electron chi connectivity index (χ1n) is 7.85. The van der Waals surface area contributed by atoms with Gasteiger partial charge in [0.05, 0.1) is 12.7 Å². The first kappa shape index (κ1) is 17.0. The molecule has 0 saturated heterocycles. The Morgan fingerprint density at radius 2 is 1.79 bits per heavy atom. The Morgan fingerprint density at radius 1 is 1.12 bits per heavy atom. The third kappa shape index (κ3) is 3.45. The molecule has 0 amide bonds. The fraction of sp³-hybridized carbons (Fsp3) is 0.333. The van der Waals surface area contributed by atoms with Gasteiger partial charge in [-0.2, -0.15) is 0 Å². The summed E-state index contributed by atoms with van der Waals surface area (Å²) in [5.41, 5.74) is 1.21. The zero-order chi connectivity index (χ0) is 17.2. The summed E-state index contributed by atoms with van der Waals surface area (Å²) < 4.78 is 32.7. The Kier molecular flexibility index (Phi) is 4.62. The molecular weight excluding hydrogens is 326 g/mol. The second-order valence-electron chi connectivity index (χ2n) is 6.15. The van der Waals surface area contributed by atoms with E-state index in [4.69, 9.17) is 4.74 Å². The number of nitrogens with one attached hydrogen (secondary N) is 1. The second kappa shape index (κ2) is 6.55. The number of hydrogen-bond acceptors (Lipinski definition) is 4. The van der Waals surface area contributed by atoms with E-state index < -0.39 is 15.6 Å². The number of para-hydroxylation sites is 1. The van der Waals surface area contributed by atoms with Crippen molar-refractivity contribution in [3.63, 3.8) is 0 Å². The van der Waals surface area contributed by atoms with Crippen LogP contribution in [0.25, 0.3) is 0 Å². The number of aryl methyl sites for hydroxylation is 1. The van der Waals surface area contributed by atoms with E-state index in [9.17, 15) is 13.5 Å². The van der Waals surface area contributed by atoms with Crippen molar-refractivity contribution in [3.05, 3.63) is 59.7 Å². The van der Waals surface area contributed by atoms with Crippen LogP contribution in [-0.2, 0) is 22.9 Å². The summed E-state index contributed by atoms with van der Waals surface area (Å²) in [4.78, 5) is 0.0762. The summed E-state index contributed by atoms with van der Waals surface area (Å²) in [6.45, 7) is -0.0261. The maximum absolute atomic E-state index is 12.5. The largest absolute Gasteiger partial charge is 0.495 e. The van der Waals surface area contributed by atoms with Gasteiger partial charge in [0, 0.05) is 13.0 Å². The molecule has 2 N–H and O–H groups in total. The summed E-state index contributed by atoms with van der Waals surface area (Å²) in [5, 5.41) is 10.8. The standard InChI is InChI=1S/C18H21NO4S/c1-23-16-8-4-5-9-17(16)24(21,22)19-13-18(20)11-10-14-6-2-3-7-15(14)12-18/h2-9,19-20H,10-13H2,1H3/t18-/m1/s1. The van der Waals surface area contributed by atoms with Crippen LogP contribution in [-0.4, -0.2) is 32.8 Å². The molecule has 2 aromatic rings. The van der Waals surface area contributed by atoms with Crippen molar-refractivity contribution in [1.82, 2.24) is 4.72 Å². The summed E-state index contributed by atoms with van der Waals surface area (Å²) in [7, 11) is -2.32. The van der Waals surface area contributed by atoms with E-state index in [1.807, 2.05) is 24.3 Å². The number of fused-ring (bicyclic) bond motifs is 1. The average Bonchev–Trinajstić information content (AvgIpc) is 2.60. The van der Waals surface area contributed by atoms with Gasteiger partial charge >= 0.3 is 0 Å². The van der Waals surface area contributed by atoms with Crippen LogP contribution in [0.2, 0.25) is 0 Å². The Hall–Kier alpha value is -1.89. The number of methoxy groups -OCH3 is 1. The summed E-state index contributed by atoms with van der Waals surface area (Å²) in [6, 6.07) is 14.4. The topological polar surface area (TPSA) is 75.6 Å². The predicted octanol–water partition coefficient (Wildman–Crippen LogP) is 1.89. The van der Waals surface area contributed by atoms with Crippen LogP contribution in [0.15, 0.2) is 53.4 Å². The zero-order valence-corrected chi connectivity index (χ0v) is 14.3. The highest BCUT2D eigenvalue weighted by atomic mass is 32.2. The molecule has 6 heteroatoms. The molecule has 0 unspecified atom stereocenters. The molecule has 0 saturated carbocycles. The molecule has 1 aliphatic carbocycles. The number of aliphatic hydroxyl groups is 1. The SMILES string of the molecule is COc1ccccc1S(=O)(=O)NC[C@@]1(O)CCc2ccccc2C1. The van der Waals surface area contributed by atoms with E-state index in [0.29, 0.717) is 12.8 Å². The van der Waals surface area contributed by atoms with Gasteiger partial charge in [0.25, 0.3) is 0 Å². The van der Waals surface area contributed by atoms with Crippen LogP contribution in [0.5, 0.6) is 5.75 Å². The highest BCUT2D eigenvalue weighted by molar-refractivity contribution is 7.89. The van der Waals surface area contributed by atoms with Gasteiger partial charge in [0.1, 0.15) is 10.6 Å². The van der Waals surface area contributed by atoms with Crippen LogP contribution in [0.3, 0.4) is 0 Å². The summed E-state index contributed by atoms with van der Waals surface area (Å²) in [6.07, 6.45) is 1.71. The first-order valence-corrected chi connectivity index (χ1v) is 9.34. The molecule has 0 spiro atoms. The Bertz CT molecular complexity index is 834. The smallest absolute Gasteiger partial charge is 0.244 e. The van der Waals surface area contributed by atoms with Crippen molar-refractivity contribution in [3.8, 4) is 5.75 Å². The molecule has 5 nitrogen and oxygen atoms in total. The zero-order valence-electron chi connectivity index (χ0n) is 13.5. The van der Waals surface area contributed by atoms with Gasteiger partial charge in [0.15, 0.2) is 0 Å². The van der Waals surface area contributed by atoms with E-state index in [0.717, 1.165) is 12.0 Å². The second-order valence-corrected chi connectivity index (χ2v) is 7.88. The Balaban J connectivity index is 1.75. The van der Waals surface area contributed by atoms with E-state index in [-0.39, 0.29) is 17.2 Å². The van der Waals surface area contributed by atoms with E-state index in [1.165, 1.54) is 18.7 Å². The van der Waals surface area contributed by atoms with Crippen LogP contribution in [0, 0.1) is 0 Å². The van der Waals surface area contributed by atoms with Gasteiger partial charge in [-0.3, -0.25) is 0 Å². The lowest BCUT2D eigenvalue weighted by Gasteiger charge is -2.33. The molecule has 2 aromatic carbocycles.